The fourth-order valence-corrected chi connectivity index (χ4v) is 0. The summed E-state index contributed by atoms with van der Waals surface area (Å²) in [4.78, 5) is 21.6. The molecule has 0 aromatic carbocycles. The standard InChI is InChI=1S/Co.FH.Li.H3O4P.H/c;;;1-5(2,3)4;/h;1H;;(H3,1,2,3,4);. The molecule has 0 aromatic rings. The Kier molecular flexibility index (Phi) is 23.3. The topological polar surface area (TPSA) is 77.8 Å². The van der Waals surface area contributed by atoms with E-state index in [2.05, 4.69) is 0 Å². The van der Waals surface area contributed by atoms with Crippen molar-refractivity contribution in [3.8, 4) is 0 Å². The average Bonchev–Trinajstić information content (AvgIpc) is 0.722. The summed E-state index contributed by atoms with van der Waals surface area (Å²) in [6, 6.07) is 0. The molecule has 0 saturated heterocycles. The van der Waals surface area contributed by atoms with E-state index in [1.807, 2.05) is 0 Å². The molecule has 0 amide bonds. The van der Waals surface area contributed by atoms with Gasteiger partial charge in [-0.1, -0.05) is 0 Å². The van der Waals surface area contributed by atoms with Crippen LogP contribution in [0.1, 0.15) is 0 Å². The van der Waals surface area contributed by atoms with Crippen molar-refractivity contribution in [2.45, 2.75) is 0 Å². The molecule has 0 saturated carbocycles. The predicted molar refractivity (Wildman–Crippen MR) is 23.9 cm³/mol. The van der Waals surface area contributed by atoms with Crippen molar-refractivity contribution in [2.24, 2.45) is 0 Å². The van der Waals surface area contributed by atoms with Crippen LogP contribution in [0.3, 0.4) is 0 Å². The van der Waals surface area contributed by atoms with E-state index in [0.29, 0.717) is 0 Å². The van der Waals surface area contributed by atoms with Gasteiger partial charge in [-0.3, -0.25) is 4.70 Å². The van der Waals surface area contributed by atoms with E-state index in [1.54, 1.807) is 0 Å². The summed E-state index contributed by atoms with van der Waals surface area (Å²) >= 11 is 0. The maximum absolute atomic E-state index is 8.88. The molecule has 0 unspecified atom stereocenters. The van der Waals surface area contributed by atoms with Crippen LogP contribution in [-0.2, 0) is 21.3 Å². The van der Waals surface area contributed by atoms with Crippen molar-refractivity contribution in [3.63, 3.8) is 0 Å². The van der Waals surface area contributed by atoms with E-state index in [9.17, 15) is 0 Å². The zero-order valence-corrected chi connectivity index (χ0v) is 4.87. The molecule has 51 valence electrons. The summed E-state index contributed by atoms with van der Waals surface area (Å²) in [5, 5.41) is 0. The molecule has 0 fully saturated rings. The molecule has 8 heteroatoms. The zero-order valence-electron chi connectivity index (χ0n) is 2.94. The van der Waals surface area contributed by atoms with E-state index in [-0.39, 0.29) is 40.3 Å². The number of hydrogen-bond donors (Lipinski definition) is 3. The van der Waals surface area contributed by atoms with Crippen LogP contribution in [0.15, 0.2) is 0 Å². The van der Waals surface area contributed by atoms with E-state index in [1.165, 1.54) is 0 Å². The van der Waals surface area contributed by atoms with E-state index in [4.69, 9.17) is 19.2 Å². The first-order valence-electron chi connectivity index (χ1n) is 0.783. The van der Waals surface area contributed by atoms with Crippen LogP contribution in [0.2, 0.25) is 0 Å². The van der Waals surface area contributed by atoms with Crippen LogP contribution in [0, 0.1) is 0 Å². The first-order valence-corrected chi connectivity index (χ1v) is 2.35. The minimum atomic E-state index is -4.64. The predicted octanol–water partition coefficient (Wildman–Crippen LogP) is -1.43. The van der Waals surface area contributed by atoms with E-state index < -0.39 is 7.82 Å². The second-order valence-corrected chi connectivity index (χ2v) is 1.54. The average molecular weight is 185 g/mol. The normalized spacial score (nSPS) is 7.38. The van der Waals surface area contributed by atoms with Gasteiger partial charge in [0.15, 0.2) is 0 Å². The molecule has 0 atom stereocenters. The molecule has 0 aliphatic rings. The summed E-state index contributed by atoms with van der Waals surface area (Å²) < 4.78 is 8.88. The molecule has 0 heterocycles. The van der Waals surface area contributed by atoms with Gasteiger partial charge in [-0.2, -0.15) is 0 Å². The Morgan fingerprint density at radius 3 is 1.12 bits per heavy atom. The van der Waals surface area contributed by atoms with Crippen molar-refractivity contribution in [1.29, 1.82) is 0 Å². The number of halogens is 1. The maximum atomic E-state index is 8.88. The first kappa shape index (κ1) is 22.9. The molecule has 4 nitrogen and oxygen atoms in total. The van der Waals surface area contributed by atoms with Crippen LogP contribution in [0.25, 0.3) is 0 Å². The molecule has 0 bridgehead atoms. The molecule has 1 radical (unpaired) electrons. The van der Waals surface area contributed by atoms with Gasteiger partial charge in [-0.15, -0.1) is 0 Å². The van der Waals surface area contributed by atoms with Crippen molar-refractivity contribution in [1.82, 2.24) is 0 Å². The van der Waals surface area contributed by atoms with Gasteiger partial charge in [0.2, 0.25) is 0 Å². The monoisotopic (exact) mass is 185 g/mol. The van der Waals surface area contributed by atoms with Crippen molar-refractivity contribution in [3.05, 3.63) is 0 Å². The Labute approximate surface area is 67.7 Å². The molecule has 3 N–H and O–H groups in total. The van der Waals surface area contributed by atoms with Crippen LogP contribution < -0.4 is 0 Å². The SMILES string of the molecule is F.O=P(O)(O)O.[Co].[LiH]. The molecular formula is H5CoFLiO4P. The molecule has 0 spiro atoms. The first-order chi connectivity index (χ1) is 2.00. The third-order valence-corrected chi connectivity index (χ3v) is 0. The van der Waals surface area contributed by atoms with Crippen LogP contribution in [-0.4, -0.2) is 33.5 Å². The quantitative estimate of drug-likeness (QED) is 0.319. The van der Waals surface area contributed by atoms with Crippen LogP contribution >= 0.6 is 7.82 Å². The summed E-state index contributed by atoms with van der Waals surface area (Å²) in [7, 11) is -4.64. The van der Waals surface area contributed by atoms with Gasteiger partial charge in [0.05, 0.1) is 0 Å². The third kappa shape index (κ3) is 206. The van der Waals surface area contributed by atoms with Crippen molar-refractivity contribution < 1.29 is 40.7 Å². The number of rotatable bonds is 0. The summed E-state index contributed by atoms with van der Waals surface area (Å²) in [6.45, 7) is 0. The van der Waals surface area contributed by atoms with Crippen LogP contribution in [0.5, 0.6) is 0 Å². The van der Waals surface area contributed by atoms with Crippen LogP contribution in [0.4, 0.5) is 4.70 Å². The molecule has 0 aliphatic heterocycles. The summed E-state index contributed by atoms with van der Waals surface area (Å²) in [6.07, 6.45) is 0. The number of phosphoric acid groups is 1. The van der Waals surface area contributed by atoms with Gasteiger partial charge in [-0.05, 0) is 0 Å². The van der Waals surface area contributed by atoms with Gasteiger partial charge >= 0.3 is 26.7 Å². The minimum absolute atomic E-state index is 0. The van der Waals surface area contributed by atoms with Gasteiger partial charge in [-0.25, -0.2) is 4.57 Å². The Balaban J connectivity index is -0.0000000267. The summed E-state index contributed by atoms with van der Waals surface area (Å²) in [5.74, 6) is 0. The molecule has 0 aromatic heterocycles. The van der Waals surface area contributed by atoms with E-state index in [0.717, 1.165) is 0 Å². The van der Waals surface area contributed by atoms with Crippen molar-refractivity contribution in [2.75, 3.05) is 0 Å². The molecule has 0 aliphatic carbocycles. The zero-order chi connectivity index (χ0) is 4.50. The van der Waals surface area contributed by atoms with Gasteiger partial charge < -0.3 is 14.7 Å². The fourth-order valence-electron chi connectivity index (χ4n) is 0. The second-order valence-electron chi connectivity index (χ2n) is 0.513. The Bertz CT molecular complexity index is 62.2. The fraction of sp³-hybridized carbons (Fsp3) is 0. The Morgan fingerprint density at radius 1 is 1.12 bits per heavy atom. The molecule has 8 heavy (non-hydrogen) atoms. The summed E-state index contributed by atoms with van der Waals surface area (Å²) in [5.41, 5.74) is 0. The Hall–Kier alpha value is 1.14. The Morgan fingerprint density at radius 2 is 1.12 bits per heavy atom. The van der Waals surface area contributed by atoms with Crippen molar-refractivity contribution >= 4 is 26.7 Å². The third-order valence-electron chi connectivity index (χ3n) is 0. The molecular weight excluding hydrogens is 180 g/mol. The van der Waals surface area contributed by atoms with E-state index >= 15 is 0 Å². The number of hydrogen-bond acceptors (Lipinski definition) is 1. The van der Waals surface area contributed by atoms with Gasteiger partial charge in [0.1, 0.15) is 0 Å². The van der Waals surface area contributed by atoms with Gasteiger partial charge in [0, 0.05) is 16.8 Å². The van der Waals surface area contributed by atoms with Gasteiger partial charge in [0.25, 0.3) is 0 Å². The second kappa shape index (κ2) is 8.14. The molecule has 0 rings (SSSR count).